The number of hydrogen-bond donors (Lipinski definition) is 2. The van der Waals surface area contributed by atoms with Crippen LogP contribution in [0.5, 0.6) is 0 Å². The molecule has 0 radical (unpaired) electrons. The van der Waals surface area contributed by atoms with Gasteiger partial charge in [0.15, 0.2) is 0 Å². The summed E-state index contributed by atoms with van der Waals surface area (Å²) in [7, 11) is 0. The van der Waals surface area contributed by atoms with Crippen molar-refractivity contribution in [1.82, 2.24) is 19.7 Å². The molecule has 0 aliphatic carbocycles. The highest BCUT2D eigenvalue weighted by Crippen LogP contribution is 2.22. The van der Waals surface area contributed by atoms with Crippen molar-refractivity contribution < 1.29 is 4.52 Å². The zero-order chi connectivity index (χ0) is 24.1. The molecule has 0 bridgehead atoms. The Kier molecular flexibility index (Phi) is 6.91. The largest absolute Gasteiger partial charge is 0.383 e. The highest BCUT2D eigenvalue weighted by molar-refractivity contribution is 5.62. The molecule has 0 spiro atoms. The van der Waals surface area contributed by atoms with Crippen molar-refractivity contribution in [3.05, 3.63) is 92.5 Å². The lowest BCUT2D eigenvalue weighted by Gasteiger charge is -2.24. The van der Waals surface area contributed by atoms with Gasteiger partial charge in [0.25, 0.3) is 5.56 Å². The van der Waals surface area contributed by atoms with Crippen LogP contribution in [-0.2, 0) is 19.5 Å². The lowest BCUT2D eigenvalue weighted by atomic mass is 10.1. The highest BCUT2D eigenvalue weighted by Gasteiger charge is 2.21. The van der Waals surface area contributed by atoms with Gasteiger partial charge in [-0.2, -0.15) is 4.98 Å². The van der Waals surface area contributed by atoms with E-state index in [9.17, 15) is 9.59 Å². The maximum atomic E-state index is 12.8. The molecule has 0 aliphatic heterocycles. The van der Waals surface area contributed by atoms with Crippen molar-refractivity contribution >= 4 is 11.5 Å². The minimum absolute atomic E-state index is 0.0981. The van der Waals surface area contributed by atoms with Gasteiger partial charge in [-0.25, -0.2) is 4.79 Å². The molecule has 0 fully saturated rings. The Labute approximate surface area is 196 Å². The first-order chi connectivity index (χ1) is 16.5. The maximum absolute atomic E-state index is 12.8. The standard InChI is InChI=1S/C25H28N6O3/c1-3-14-30(16-20-27-23(29-34-20)19-12-10-17(4-2)11-13-19)21-22(26)31(25(33)28-24(21)32)15-18-8-6-5-7-9-18/h5-13H,3-4,14-16,26H2,1-2H3,(H,28,32,33). The molecule has 9 nitrogen and oxygen atoms in total. The SMILES string of the molecule is CCCN(Cc1nc(-c2ccc(CC)cc2)no1)c1c(N)n(Cc2ccccc2)c(=O)[nH]c1=O. The predicted molar refractivity (Wildman–Crippen MR) is 132 cm³/mol. The smallest absolute Gasteiger partial charge is 0.330 e. The molecule has 4 rings (SSSR count). The topological polar surface area (TPSA) is 123 Å². The summed E-state index contributed by atoms with van der Waals surface area (Å²) in [5, 5.41) is 4.10. The highest BCUT2D eigenvalue weighted by atomic mass is 16.5. The number of nitrogens with zero attached hydrogens (tertiary/aromatic N) is 4. The normalized spacial score (nSPS) is 11.0. The van der Waals surface area contributed by atoms with E-state index >= 15 is 0 Å². The average Bonchev–Trinajstić information content (AvgIpc) is 3.31. The van der Waals surface area contributed by atoms with E-state index < -0.39 is 11.2 Å². The summed E-state index contributed by atoms with van der Waals surface area (Å²) in [6, 6.07) is 17.4. The van der Waals surface area contributed by atoms with Gasteiger partial charge in [-0.1, -0.05) is 73.6 Å². The van der Waals surface area contributed by atoms with Gasteiger partial charge >= 0.3 is 5.69 Å². The van der Waals surface area contributed by atoms with Gasteiger partial charge < -0.3 is 15.2 Å². The first kappa shape index (κ1) is 23.0. The fourth-order valence-corrected chi connectivity index (χ4v) is 3.83. The second-order valence-corrected chi connectivity index (χ2v) is 8.05. The number of nitrogens with two attached hydrogens (primary N) is 1. The van der Waals surface area contributed by atoms with Crippen LogP contribution < -0.4 is 21.9 Å². The number of hydrogen-bond acceptors (Lipinski definition) is 7. The number of rotatable bonds is 9. The number of anilines is 2. The van der Waals surface area contributed by atoms with Gasteiger partial charge in [0, 0.05) is 12.1 Å². The number of nitrogens with one attached hydrogen (secondary N) is 1. The summed E-state index contributed by atoms with van der Waals surface area (Å²) < 4.78 is 6.84. The second kappa shape index (κ2) is 10.2. The molecule has 0 aliphatic rings. The first-order valence-corrected chi connectivity index (χ1v) is 11.3. The molecule has 176 valence electrons. The molecular formula is C25H28N6O3. The van der Waals surface area contributed by atoms with Crippen molar-refractivity contribution in [1.29, 1.82) is 0 Å². The molecular weight excluding hydrogens is 432 g/mol. The Bertz CT molecular complexity index is 1360. The van der Waals surface area contributed by atoms with E-state index in [2.05, 4.69) is 22.0 Å². The molecule has 3 N–H and O–H groups in total. The number of H-pyrrole nitrogens is 1. The average molecular weight is 461 g/mol. The van der Waals surface area contributed by atoms with E-state index in [0.29, 0.717) is 18.3 Å². The van der Waals surface area contributed by atoms with Crippen molar-refractivity contribution in [2.45, 2.75) is 39.8 Å². The minimum Gasteiger partial charge on any atom is -0.383 e. The third-order valence-corrected chi connectivity index (χ3v) is 5.62. The molecule has 0 saturated carbocycles. The maximum Gasteiger partial charge on any atom is 0.330 e. The first-order valence-electron chi connectivity index (χ1n) is 11.3. The molecule has 0 atom stereocenters. The summed E-state index contributed by atoms with van der Waals surface area (Å²) in [5.41, 5.74) is 8.46. The van der Waals surface area contributed by atoms with Crippen LogP contribution in [0.4, 0.5) is 11.5 Å². The second-order valence-electron chi connectivity index (χ2n) is 8.05. The van der Waals surface area contributed by atoms with E-state index in [0.717, 1.165) is 24.0 Å². The fourth-order valence-electron chi connectivity index (χ4n) is 3.83. The van der Waals surface area contributed by atoms with E-state index in [1.807, 2.05) is 61.5 Å². The van der Waals surface area contributed by atoms with Gasteiger partial charge in [0.1, 0.15) is 11.5 Å². The molecule has 0 amide bonds. The Balaban J connectivity index is 1.65. The monoisotopic (exact) mass is 460 g/mol. The summed E-state index contributed by atoms with van der Waals surface area (Å²) in [4.78, 5) is 34.0. The molecule has 34 heavy (non-hydrogen) atoms. The van der Waals surface area contributed by atoms with E-state index in [1.165, 1.54) is 10.1 Å². The summed E-state index contributed by atoms with van der Waals surface area (Å²) in [6.07, 6.45) is 1.70. The van der Waals surface area contributed by atoms with Crippen molar-refractivity contribution in [2.75, 3.05) is 17.2 Å². The minimum atomic E-state index is -0.554. The van der Waals surface area contributed by atoms with Crippen LogP contribution >= 0.6 is 0 Å². The number of benzene rings is 2. The third-order valence-electron chi connectivity index (χ3n) is 5.62. The van der Waals surface area contributed by atoms with Crippen LogP contribution in [0.25, 0.3) is 11.4 Å². The van der Waals surface area contributed by atoms with E-state index in [4.69, 9.17) is 10.3 Å². The zero-order valence-corrected chi connectivity index (χ0v) is 19.3. The van der Waals surface area contributed by atoms with Crippen molar-refractivity contribution in [3.63, 3.8) is 0 Å². The van der Waals surface area contributed by atoms with Gasteiger partial charge in [0.05, 0.1) is 13.1 Å². The third kappa shape index (κ3) is 4.93. The quantitative estimate of drug-likeness (QED) is 0.393. The molecule has 2 aromatic carbocycles. The molecule has 2 heterocycles. The van der Waals surface area contributed by atoms with Gasteiger partial charge in [0.2, 0.25) is 11.7 Å². The van der Waals surface area contributed by atoms with E-state index in [-0.39, 0.29) is 24.6 Å². The van der Waals surface area contributed by atoms with Crippen LogP contribution in [0.1, 0.15) is 37.3 Å². The Morgan fingerprint density at radius 2 is 1.76 bits per heavy atom. The molecule has 0 saturated heterocycles. The van der Waals surface area contributed by atoms with Crippen molar-refractivity contribution in [3.8, 4) is 11.4 Å². The van der Waals surface area contributed by atoms with Gasteiger partial charge in [-0.15, -0.1) is 0 Å². The fraction of sp³-hybridized carbons (Fsp3) is 0.280. The molecule has 9 heteroatoms. The number of aromatic amines is 1. The molecule has 4 aromatic rings. The molecule has 2 aromatic heterocycles. The lowest BCUT2D eigenvalue weighted by Crippen LogP contribution is -2.38. The van der Waals surface area contributed by atoms with E-state index in [1.54, 1.807) is 4.90 Å². The zero-order valence-electron chi connectivity index (χ0n) is 19.3. The van der Waals surface area contributed by atoms with Crippen LogP contribution in [0, 0.1) is 0 Å². The Hall–Kier alpha value is -4.14. The Morgan fingerprint density at radius 3 is 2.44 bits per heavy atom. The van der Waals surface area contributed by atoms with Gasteiger partial charge in [-0.05, 0) is 24.0 Å². The summed E-state index contributed by atoms with van der Waals surface area (Å²) in [5.74, 6) is 0.925. The van der Waals surface area contributed by atoms with Crippen LogP contribution in [-0.4, -0.2) is 26.2 Å². The number of aryl methyl sites for hydroxylation is 1. The predicted octanol–water partition coefficient (Wildman–Crippen LogP) is 3.20. The Morgan fingerprint density at radius 1 is 1.03 bits per heavy atom. The number of nitrogen functional groups attached to an aromatic ring is 1. The lowest BCUT2D eigenvalue weighted by molar-refractivity contribution is 0.376. The van der Waals surface area contributed by atoms with Crippen LogP contribution in [0.15, 0.2) is 68.7 Å². The van der Waals surface area contributed by atoms with Gasteiger partial charge in [-0.3, -0.25) is 14.3 Å². The summed E-state index contributed by atoms with van der Waals surface area (Å²) in [6.45, 7) is 5.03. The number of aromatic nitrogens is 4. The van der Waals surface area contributed by atoms with Crippen LogP contribution in [0.2, 0.25) is 0 Å². The van der Waals surface area contributed by atoms with Crippen molar-refractivity contribution in [2.24, 2.45) is 0 Å². The van der Waals surface area contributed by atoms with Crippen LogP contribution in [0.3, 0.4) is 0 Å². The summed E-state index contributed by atoms with van der Waals surface area (Å²) >= 11 is 0. The molecule has 0 unspecified atom stereocenters.